The summed E-state index contributed by atoms with van der Waals surface area (Å²) >= 11 is 7.24. The predicted molar refractivity (Wildman–Crippen MR) is 132 cm³/mol. The van der Waals surface area contributed by atoms with Gasteiger partial charge in [0.2, 0.25) is 0 Å². The summed E-state index contributed by atoms with van der Waals surface area (Å²) in [5.41, 5.74) is 1.23. The average Bonchev–Trinajstić information content (AvgIpc) is 2.84. The van der Waals surface area contributed by atoms with E-state index in [1.807, 2.05) is 34.6 Å². The SMILES string of the molecule is CCC(I)(I)I.CCCNC(=O)NC1=C(C)CN(C(=O)OC(C)(C)C)C1. The van der Waals surface area contributed by atoms with Gasteiger partial charge in [0.05, 0.1) is 6.54 Å². The molecule has 152 valence electrons. The van der Waals surface area contributed by atoms with Gasteiger partial charge in [-0.25, -0.2) is 9.59 Å². The third-order valence-corrected chi connectivity index (χ3v) is 5.43. The van der Waals surface area contributed by atoms with Gasteiger partial charge in [-0.2, -0.15) is 0 Å². The second-order valence-electron chi connectivity index (χ2n) is 6.94. The van der Waals surface area contributed by atoms with E-state index in [0.29, 0.717) is 19.1 Å². The number of amides is 3. The number of ether oxygens (including phenoxy) is 1. The Morgan fingerprint density at radius 2 is 1.69 bits per heavy atom. The molecule has 0 spiro atoms. The standard InChI is InChI=1S/C14H25N3O3.C3H5I3/c1-6-7-15-12(18)16-11-9-17(8-10(11)2)13(19)20-14(3,4)5;1-2-3(4,5)6/h6-9H2,1-5H3,(H2,15,16,18);2H2,1H3. The van der Waals surface area contributed by atoms with E-state index in [1.54, 1.807) is 4.90 Å². The Hall–Kier alpha value is 0.470. The van der Waals surface area contributed by atoms with Crippen LogP contribution in [-0.4, -0.2) is 41.7 Å². The van der Waals surface area contributed by atoms with Crippen molar-refractivity contribution in [2.45, 2.75) is 59.4 Å². The highest BCUT2D eigenvalue weighted by atomic mass is 127. The van der Waals surface area contributed by atoms with E-state index in [4.69, 9.17) is 4.74 Å². The largest absolute Gasteiger partial charge is 0.444 e. The molecule has 26 heavy (non-hydrogen) atoms. The normalized spacial score (nSPS) is 14.6. The fraction of sp³-hybridized carbons (Fsp3) is 0.765. The number of hydrogen-bond donors (Lipinski definition) is 2. The number of carbonyl (C=O) groups is 2. The summed E-state index contributed by atoms with van der Waals surface area (Å²) in [6.45, 7) is 13.1. The van der Waals surface area contributed by atoms with Crippen LogP contribution in [0, 0.1) is 0 Å². The Labute approximate surface area is 198 Å². The molecule has 2 N–H and O–H groups in total. The molecule has 1 aliphatic rings. The zero-order valence-corrected chi connectivity index (χ0v) is 22.8. The fourth-order valence-corrected chi connectivity index (χ4v) is 1.79. The first-order valence-electron chi connectivity index (χ1n) is 8.57. The molecule has 3 amide bonds. The van der Waals surface area contributed by atoms with Crippen LogP contribution in [-0.2, 0) is 4.74 Å². The van der Waals surface area contributed by atoms with E-state index in [0.717, 1.165) is 17.7 Å². The summed E-state index contributed by atoms with van der Waals surface area (Å²) in [7, 11) is 0. The molecular weight excluding hydrogens is 675 g/mol. The van der Waals surface area contributed by atoms with Crippen molar-refractivity contribution in [1.82, 2.24) is 15.5 Å². The van der Waals surface area contributed by atoms with Crippen molar-refractivity contribution in [2.24, 2.45) is 0 Å². The number of hydrogen-bond acceptors (Lipinski definition) is 3. The molecule has 0 aromatic heterocycles. The highest BCUT2D eigenvalue weighted by Crippen LogP contribution is 2.38. The molecule has 1 rings (SSSR count). The van der Waals surface area contributed by atoms with Crippen LogP contribution >= 0.6 is 67.8 Å². The van der Waals surface area contributed by atoms with Crippen LogP contribution in [0.1, 0.15) is 54.4 Å². The third kappa shape index (κ3) is 12.8. The van der Waals surface area contributed by atoms with E-state index in [9.17, 15) is 9.59 Å². The van der Waals surface area contributed by atoms with Crippen LogP contribution < -0.4 is 10.6 Å². The van der Waals surface area contributed by atoms with Crippen LogP contribution in [0.3, 0.4) is 0 Å². The van der Waals surface area contributed by atoms with Crippen LogP contribution in [0.25, 0.3) is 0 Å². The summed E-state index contributed by atoms with van der Waals surface area (Å²) < 4.78 is 5.77. The number of carbonyl (C=O) groups excluding carboxylic acids is 2. The van der Waals surface area contributed by atoms with Crippen LogP contribution in [0.5, 0.6) is 0 Å². The van der Waals surface area contributed by atoms with Crippen LogP contribution in [0.2, 0.25) is 0 Å². The maximum Gasteiger partial charge on any atom is 0.410 e. The first-order valence-corrected chi connectivity index (χ1v) is 11.8. The average molecular weight is 705 g/mol. The van der Waals surface area contributed by atoms with Gasteiger partial charge in [-0.05, 0) is 46.1 Å². The number of nitrogens with zero attached hydrogens (tertiary/aromatic N) is 1. The molecule has 9 heteroatoms. The lowest BCUT2D eigenvalue weighted by Gasteiger charge is -2.24. The summed E-state index contributed by atoms with van der Waals surface area (Å²) in [4.78, 5) is 25.2. The number of urea groups is 1. The lowest BCUT2D eigenvalue weighted by atomic mass is 10.2. The van der Waals surface area contributed by atoms with Gasteiger partial charge in [0.1, 0.15) is 5.04 Å². The maximum absolute atomic E-state index is 12.0. The second-order valence-corrected chi connectivity index (χ2v) is 18.7. The molecule has 0 saturated heterocycles. The minimum Gasteiger partial charge on any atom is -0.444 e. The molecule has 0 aromatic carbocycles. The van der Waals surface area contributed by atoms with Crippen molar-refractivity contribution in [1.29, 1.82) is 0 Å². The first-order chi connectivity index (χ1) is 11.8. The van der Waals surface area contributed by atoms with E-state index in [2.05, 4.69) is 85.3 Å². The highest BCUT2D eigenvalue weighted by Gasteiger charge is 2.28. The summed E-state index contributed by atoms with van der Waals surface area (Å²) in [5.74, 6) is 0. The first kappa shape index (κ1) is 26.5. The zero-order chi connectivity index (χ0) is 20.5. The predicted octanol–water partition coefficient (Wildman–Crippen LogP) is 5.58. The van der Waals surface area contributed by atoms with Crippen molar-refractivity contribution >= 4 is 79.9 Å². The van der Waals surface area contributed by atoms with Crippen molar-refractivity contribution in [3.63, 3.8) is 0 Å². The third-order valence-electron chi connectivity index (χ3n) is 3.14. The van der Waals surface area contributed by atoms with Crippen LogP contribution in [0.4, 0.5) is 9.59 Å². The molecular formula is C17H30I3N3O3. The number of rotatable bonds is 4. The minimum atomic E-state index is -0.514. The zero-order valence-electron chi connectivity index (χ0n) is 16.3. The Kier molecular flexibility index (Phi) is 12.3. The Bertz CT molecular complexity index is 512. The molecule has 1 heterocycles. The number of nitrogens with one attached hydrogen (secondary N) is 2. The topological polar surface area (TPSA) is 70.7 Å². The van der Waals surface area contributed by atoms with Gasteiger partial charge in [-0.3, -0.25) is 4.90 Å². The number of halogens is 3. The Morgan fingerprint density at radius 3 is 2.12 bits per heavy atom. The molecule has 0 bridgehead atoms. The Morgan fingerprint density at radius 1 is 1.15 bits per heavy atom. The van der Waals surface area contributed by atoms with Crippen molar-refractivity contribution < 1.29 is 14.3 Å². The monoisotopic (exact) mass is 705 g/mol. The van der Waals surface area contributed by atoms with Gasteiger partial charge in [0.15, 0.2) is 0 Å². The van der Waals surface area contributed by atoms with Crippen LogP contribution in [0.15, 0.2) is 11.3 Å². The minimum absolute atomic E-state index is 0.229. The summed E-state index contributed by atoms with van der Waals surface area (Å²) in [5, 5.41) is 5.53. The van der Waals surface area contributed by atoms with Gasteiger partial charge < -0.3 is 15.4 Å². The fourth-order valence-electron chi connectivity index (χ4n) is 1.79. The lowest BCUT2D eigenvalue weighted by molar-refractivity contribution is 0.0298. The smallest absolute Gasteiger partial charge is 0.410 e. The van der Waals surface area contributed by atoms with Crippen molar-refractivity contribution in [3.8, 4) is 0 Å². The second kappa shape index (κ2) is 12.1. The molecule has 1 aliphatic heterocycles. The summed E-state index contributed by atoms with van der Waals surface area (Å²) in [6, 6.07) is -0.229. The molecule has 6 nitrogen and oxygen atoms in total. The van der Waals surface area contributed by atoms with Gasteiger partial charge in [-0.15, -0.1) is 0 Å². The Balaban J connectivity index is 0.000000896. The van der Waals surface area contributed by atoms with Gasteiger partial charge in [-0.1, -0.05) is 81.6 Å². The quantitative estimate of drug-likeness (QED) is 0.297. The van der Waals surface area contributed by atoms with Gasteiger partial charge in [0, 0.05) is 18.8 Å². The van der Waals surface area contributed by atoms with E-state index < -0.39 is 5.60 Å². The molecule has 0 radical (unpaired) electrons. The van der Waals surface area contributed by atoms with Gasteiger partial charge in [0.25, 0.3) is 0 Å². The molecule has 0 atom stereocenters. The van der Waals surface area contributed by atoms with Gasteiger partial charge >= 0.3 is 12.1 Å². The number of alkyl halides is 3. The van der Waals surface area contributed by atoms with E-state index >= 15 is 0 Å². The van der Waals surface area contributed by atoms with E-state index in [-0.39, 0.29) is 12.1 Å². The molecule has 0 saturated carbocycles. The summed E-state index contributed by atoms with van der Waals surface area (Å²) in [6.07, 6.45) is 1.76. The molecule has 0 fully saturated rings. The highest BCUT2D eigenvalue weighted by molar-refractivity contribution is 14.3. The van der Waals surface area contributed by atoms with E-state index in [1.165, 1.54) is 6.42 Å². The van der Waals surface area contributed by atoms with Crippen molar-refractivity contribution in [2.75, 3.05) is 19.6 Å². The maximum atomic E-state index is 12.0. The lowest BCUT2D eigenvalue weighted by Crippen LogP contribution is -2.39. The molecule has 0 aliphatic carbocycles. The molecule has 0 aromatic rings. The van der Waals surface area contributed by atoms with Crippen molar-refractivity contribution in [3.05, 3.63) is 11.3 Å². The molecule has 0 unspecified atom stereocenters.